The van der Waals surface area contributed by atoms with E-state index in [1.165, 1.54) is 17.3 Å². The molecule has 0 saturated heterocycles. The number of hydrogen-bond donors (Lipinski definition) is 1. The van der Waals surface area contributed by atoms with Crippen molar-refractivity contribution in [2.75, 3.05) is 19.6 Å². The molecule has 1 atom stereocenters. The SMILES string of the molecule is Cc1cc(C(=O)NCC(C)CN2CCc3ccccc3C2)cnn1. The summed E-state index contributed by atoms with van der Waals surface area (Å²) < 4.78 is 0. The summed E-state index contributed by atoms with van der Waals surface area (Å²) in [6.45, 7) is 7.75. The summed E-state index contributed by atoms with van der Waals surface area (Å²) in [6, 6.07) is 10.4. The molecule has 1 unspecified atom stereocenters. The van der Waals surface area contributed by atoms with E-state index in [9.17, 15) is 4.79 Å². The molecular formula is C19H24N4O. The van der Waals surface area contributed by atoms with E-state index in [2.05, 4.69) is 51.6 Å². The number of amides is 1. The number of aromatic nitrogens is 2. The lowest BCUT2D eigenvalue weighted by Crippen LogP contribution is -2.38. The number of aryl methyl sites for hydroxylation is 1. The zero-order valence-electron chi connectivity index (χ0n) is 14.3. The van der Waals surface area contributed by atoms with E-state index in [1.807, 2.05) is 6.92 Å². The maximum Gasteiger partial charge on any atom is 0.252 e. The van der Waals surface area contributed by atoms with Gasteiger partial charge in [0.15, 0.2) is 0 Å². The van der Waals surface area contributed by atoms with E-state index in [4.69, 9.17) is 0 Å². The molecule has 0 spiro atoms. The molecule has 1 amide bonds. The summed E-state index contributed by atoms with van der Waals surface area (Å²) in [4.78, 5) is 14.6. The lowest BCUT2D eigenvalue weighted by atomic mass is 9.99. The van der Waals surface area contributed by atoms with Gasteiger partial charge in [0.1, 0.15) is 0 Å². The minimum Gasteiger partial charge on any atom is -0.352 e. The van der Waals surface area contributed by atoms with Crippen molar-refractivity contribution in [3.05, 3.63) is 58.9 Å². The molecule has 0 bridgehead atoms. The highest BCUT2D eigenvalue weighted by Gasteiger charge is 2.18. The van der Waals surface area contributed by atoms with Crippen molar-refractivity contribution >= 4 is 5.91 Å². The molecule has 3 rings (SSSR count). The van der Waals surface area contributed by atoms with E-state index in [-0.39, 0.29) is 5.91 Å². The van der Waals surface area contributed by atoms with Crippen molar-refractivity contribution in [1.29, 1.82) is 0 Å². The van der Waals surface area contributed by atoms with E-state index in [0.717, 1.165) is 31.7 Å². The summed E-state index contributed by atoms with van der Waals surface area (Å²) >= 11 is 0. The van der Waals surface area contributed by atoms with E-state index in [0.29, 0.717) is 18.0 Å². The Hall–Kier alpha value is -2.27. The topological polar surface area (TPSA) is 58.1 Å². The molecule has 0 radical (unpaired) electrons. The first-order chi connectivity index (χ1) is 11.6. The molecule has 1 aromatic carbocycles. The maximum absolute atomic E-state index is 12.2. The van der Waals surface area contributed by atoms with Gasteiger partial charge in [0.25, 0.3) is 5.91 Å². The van der Waals surface area contributed by atoms with Crippen LogP contribution in [0.25, 0.3) is 0 Å². The van der Waals surface area contributed by atoms with Crippen LogP contribution < -0.4 is 5.32 Å². The molecule has 0 fully saturated rings. The summed E-state index contributed by atoms with van der Waals surface area (Å²) in [5.41, 5.74) is 4.22. The summed E-state index contributed by atoms with van der Waals surface area (Å²) in [6.07, 6.45) is 2.62. The fourth-order valence-electron chi connectivity index (χ4n) is 3.18. The third kappa shape index (κ3) is 4.17. The van der Waals surface area contributed by atoms with Crippen molar-refractivity contribution in [2.24, 2.45) is 5.92 Å². The second-order valence-corrected chi connectivity index (χ2v) is 6.65. The van der Waals surface area contributed by atoms with Crippen LogP contribution in [0.2, 0.25) is 0 Å². The first-order valence-electron chi connectivity index (χ1n) is 8.48. The van der Waals surface area contributed by atoms with Gasteiger partial charge in [0.05, 0.1) is 17.5 Å². The number of hydrogen-bond acceptors (Lipinski definition) is 4. The van der Waals surface area contributed by atoms with Gasteiger partial charge in [0.2, 0.25) is 0 Å². The van der Waals surface area contributed by atoms with Crippen molar-refractivity contribution in [3.8, 4) is 0 Å². The van der Waals surface area contributed by atoms with Gasteiger partial charge in [-0.1, -0.05) is 31.2 Å². The molecule has 1 N–H and O–H groups in total. The lowest BCUT2D eigenvalue weighted by Gasteiger charge is -2.30. The van der Waals surface area contributed by atoms with Crippen LogP contribution in [0.3, 0.4) is 0 Å². The van der Waals surface area contributed by atoms with Crippen LogP contribution >= 0.6 is 0 Å². The number of nitrogens with one attached hydrogen (secondary N) is 1. The van der Waals surface area contributed by atoms with Gasteiger partial charge in [-0.05, 0) is 36.5 Å². The van der Waals surface area contributed by atoms with Crippen molar-refractivity contribution in [2.45, 2.75) is 26.8 Å². The highest BCUT2D eigenvalue weighted by atomic mass is 16.1. The number of benzene rings is 1. The van der Waals surface area contributed by atoms with Gasteiger partial charge < -0.3 is 5.32 Å². The summed E-state index contributed by atoms with van der Waals surface area (Å²) in [5.74, 6) is 0.318. The largest absolute Gasteiger partial charge is 0.352 e. The Balaban J connectivity index is 1.48. The molecule has 2 aromatic rings. The first-order valence-corrected chi connectivity index (χ1v) is 8.48. The van der Waals surface area contributed by atoms with Crippen LogP contribution in [-0.2, 0) is 13.0 Å². The first kappa shape index (κ1) is 16.6. The third-order valence-corrected chi connectivity index (χ3v) is 4.43. The Kier molecular flexibility index (Phi) is 5.20. The van der Waals surface area contributed by atoms with Crippen LogP contribution in [-0.4, -0.2) is 40.6 Å². The van der Waals surface area contributed by atoms with Gasteiger partial charge in [-0.15, -0.1) is 0 Å². The number of rotatable bonds is 5. The van der Waals surface area contributed by atoms with Crippen LogP contribution in [0, 0.1) is 12.8 Å². The minimum atomic E-state index is -0.0798. The van der Waals surface area contributed by atoms with Crippen LogP contribution in [0.5, 0.6) is 0 Å². The number of carbonyl (C=O) groups excluding carboxylic acids is 1. The second-order valence-electron chi connectivity index (χ2n) is 6.65. The normalized spacial score (nSPS) is 15.6. The molecule has 24 heavy (non-hydrogen) atoms. The monoisotopic (exact) mass is 324 g/mol. The predicted octanol–water partition coefficient (Wildman–Crippen LogP) is 2.21. The van der Waals surface area contributed by atoms with Gasteiger partial charge >= 0.3 is 0 Å². The molecule has 0 aliphatic carbocycles. The van der Waals surface area contributed by atoms with Gasteiger partial charge in [0, 0.05) is 26.2 Å². The van der Waals surface area contributed by atoms with Crippen molar-refractivity contribution in [1.82, 2.24) is 20.4 Å². The van der Waals surface area contributed by atoms with Crippen molar-refractivity contribution < 1.29 is 4.79 Å². The molecule has 2 heterocycles. The summed E-state index contributed by atoms with van der Waals surface area (Å²) in [5, 5.41) is 10.7. The Morgan fingerprint density at radius 3 is 2.92 bits per heavy atom. The van der Waals surface area contributed by atoms with E-state index >= 15 is 0 Å². The Morgan fingerprint density at radius 2 is 2.12 bits per heavy atom. The summed E-state index contributed by atoms with van der Waals surface area (Å²) in [7, 11) is 0. The van der Waals surface area contributed by atoms with Crippen LogP contribution in [0.15, 0.2) is 36.5 Å². The average molecular weight is 324 g/mol. The van der Waals surface area contributed by atoms with Gasteiger partial charge in [-0.3, -0.25) is 9.69 Å². The van der Waals surface area contributed by atoms with Crippen LogP contribution in [0.1, 0.15) is 34.1 Å². The van der Waals surface area contributed by atoms with Gasteiger partial charge in [-0.2, -0.15) is 10.2 Å². The molecule has 0 saturated carbocycles. The standard InChI is InChI=1S/C19H24N4O/c1-14(10-20-19(24)18-9-15(2)22-21-11-18)12-23-8-7-16-5-3-4-6-17(16)13-23/h3-6,9,11,14H,7-8,10,12-13H2,1-2H3,(H,20,24). The van der Waals surface area contributed by atoms with E-state index in [1.54, 1.807) is 6.07 Å². The molecular weight excluding hydrogens is 300 g/mol. The Morgan fingerprint density at radius 1 is 1.33 bits per heavy atom. The minimum absolute atomic E-state index is 0.0798. The zero-order chi connectivity index (χ0) is 16.9. The molecule has 1 aromatic heterocycles. The molecule has 1 aliphatic rings. The third-order valence-electron chi connectivity index (χ3n) is 4.43. The molecule has 126 valence electrons. The fourth-order valence-corrected chi connectivity index (χ4v) is 3.18. The zero-order valence-corrected chi connectivity index (χ0v) is 14.3. The molecule has 1 aliphatic heterocycles. The molecule has 5 nitrogen and oxygen atoms in total. The van der Waals surface area contributed by atoms with Crippen LogP contribution in [0.4, 0.5) is 0 Å². The second kappa shape index (κ2) is 7.53. The highest BCUT2D eigenvalue weighted by molar-refractivity contribution is 5.93. The lowest BCUT2D eigenvalue weighted by molar-refractivity contribution is 0.0942. The Bertz CT molecular complexity index is 716. The number of carbonyl (C=O) groups is 1. The van der Waals surface area contributed by atoms with Crippen molar-refractivity contribution in [3.63, 3.8) is 0 Å². The average Bonchev–Trinajstić information content (AvgIpc) is 2.59. The molecule has 5 heteroatoms. The fraction of sp³-hybridized carbons (Fsp3) is 0.421. The number of nitrogens with zero attached hydrogens (tertiary/aromatic N) is 3. The highest BCUT2D eigenvalue weighted by Crippen LogP contribution is 2.19. The predicted molar refractivity (Wildman–Crippen MR) is 93.7 cm³/mol. The Labute approximate surface area is 143 Å². The van der Waals surface area contributed by atoms with Gasteiger partial charge in [-0.25, -0.2) is 0 Å². The maximum atomic E-state index is 12.2. The van der Waals surface area contributed by atoms with E-state index < -0.39 is 0 Å². The number of fused-ring (bicyclic) bond motifs is 1. The smallest absolute Gasteiger partial charge is 0.252 e. The quantitative estimate of drug-likeness (QED) is 0.916.